The van der Waals surface area contributed by atoms with Crippen LogP contribution in [0.2, 0.25) is 5.02 Å². The van der Waals surface area contributed by atoms with E-state index < -0.39 is 0 Å². The number of rotatable bonds is 4. The van der Waals surface area contributed by atoms with Gasteiger partial charge in [0, 0.05) is 6.42 Å². The number of carbonyl (C=O) groups is 1. The van der Waals surface area contributed by atoms with Gasteiger partial charge < -0.3 is 9.53 Å². The van der Waals surface area contributed by atoms with E-state index in [1.165, 1.54) is 0 Å². The summed E-state index contributed by atoms with van der Waals surface area (Å²) < 4.78 is 5.13. The molecule has 0 aromatic heterocycles. The molecule has 0 spiro atoms. The van der Waals surface area contributed by atoms with Crippen LogP contribution in [0.3, 0.4) is 0 Å². The molecule has 0 amide bonds. The fourth-order valence-corrected chi connectivity index (χ4v) is 1.46. The second kappa shape index (κ2) is 4.87. The van der Waals surface area contributed by atoms with E-state index in [0.717, 1.165) is 11.8 Å². The molecule has 3 heteroatoms. The Labute approximate surface area is 82.5 Å². The summed E-state index contributed by atoms with van der Waals surface area (Å²) in [5.74, 6) is 0.672. The Morgan fingerprint density at radius 3 is 2.92 bits per heavy atom. The Hall–Kier alpha value is -1.02. The van der Waals surface area contributed by atoms with Crippen molar-refractivity contribution in [2.45, 2.75) is 12.8 Å². The minimum absolute atomic E-state index is 0.497. The van der Waals surface area contributed by atoms with Crippen LogP contribution >= 0.6 is 11.6 Å². The van der Waals surface area contributed by atoms with E-state index >= 15 is 0 Å². The molecule has 0 aliphatic heterocycles. The number of benzene rings is 1. The van der Waals surface area contributed by atoms with Gasteiger partial charge in [0.1, 0.15) is 12.0 Å². The molecule has 70 valence electrons. The van der Waals surface area contributed by atoms with Gasteiger partial charge in [0.15, 0.2) is 0 Å². The average molecular weight is 199 g/mol. The number of ether oxygens (including phenoxy) is 1. The van der Waals surface area contributed by atoms with Gasteiger partial charge >= 0.3 is 0 Å². The molecule has 0 aliphatic rings. The molecule has 0 heterocycles. The molecular weight excluding hydrogens is 188 g/mol. The Bertz CT molecular complexity index is 297. The predicted molar refractivity (Wildman–Crippen MR) is 52.4 cm³/mol. The van der Waals surface area contributed by atoms with Crippen molar-refractivity contribution in [3.8, 4) is 5.75 Å². The number of methoxy groups -OCH3 is 1. The third-order valence-corrected chi connectivity index (χ3v) is 2.08. The number of halogens is 1. The van der Waals surface area contributed by atoms with Gasteiger partial charge in [-0.05, 0) is 18.1 Å². The van der Waals surface area contributed by atoms with E-state index in [0.29, 0.717) is 23.6 Å². The van der Waals surface area contributed by atoms with E-state index in [2.05, 4.69) is 0 Å². The van der Waals surface area contributed by atoms with Crippen LogP contribution in [0, 0.1) is 0 Å². The fraction of sp³-hybridized carbons (Fsp3) is 0.300. The summed E-state index contributed by atoms with van der Waals surface area (Å²) in [5.41, 5.74) is 0.974. The highest BCUT2D eigenvalue weighted by Gasteiger charge is 2.05. The van der Waals surface area contributed by atoms with Crippen molar-refractivity contribution in [2.75, 3.05) is 7.11 Å². The fourth-order valence-electron chi connectivity index (χ4n) is 1.19. The first-order chi connectivity index (χ1) is 6.29. The highest BCUT2D eigenvalue weighted by molar-refractivity contribution is 6.32. The maximum absolute atomic E-state index is 10.2. The summed E-state index contributed by atoms with van der Waals surface area (Å²) in [6.45, 7) is 0. The first-order valence-electron chi connectivity index (χ1n) is 4.04. The van der Waals surface area contributed by atoms with E-state index in [1.807, 2.05) is 12.1 Å². The number of hydrogen-bond acceptors (Lipinski definition) is 2. The lowest BCUT2D eigenvalue weighted by Crippen LogP contribution is -1.93. The zero-order valence-corrected chi connectivity index (χ0v) is 8.17. The monoisotopic (exact) mass is 198 g/mol. The molecule has 0 bridgehead atoms. The lowest BCUT2D eigenvalue weighted by Gasteiger charge is -2.08. The minimum atomic E-state index is 0.497. The molecule has 2 nitrogen and oxygen atoms in total. The van der Waals surface area contributed by atoms with E-state index in [-0.39, 0.29) is 0 Å². The first kappa shape index (κ1) is 10.1. The molecule has 0 atom stereocenters. The Morgan fingerprint density at radius 1 is 1.54 bits per heavy atom. The van der Waals surface area contributed by atoms with Gasteiger partial charge in [-0.15, -0.1) is 0 Å². The summed E-state index contributed by atoms with van der Waals surface area (Å²) in [4.78, 5) is 10.2. The lowest BCUT2D eigenvalue weighted by atomic mass is 10.1. The number of para-hydroxylation sites is 1. The number of aldehydes is 1. The topological polar surface area (TPSA) is 26.3 Å². The normalized spacial score (nSPS) is 9.69. The maximum atomic E-state index is 10.2. The Morgan fingerprint density at radius 2 is 2.31 bits per heavy atom. The Kier molecular flexibility index (Phi) is 3.77. The minimum Gasteiger partial charge on any atom is -0.495 e. The number of carbonyl (C=O) groups excluding carboxylic acids is 1. The molecule has 13 heavy (non-hydrogen) atoms. The smallest absolute Gasteiger partial charge is 0.140 e. The van der Waals surface area contributed by atoms with Gasteiger partial charge in [-0.25, -0.2) is 0 Å². The highest BCUT2D eigenvalue weighted by Crippen LogP contribution is 2.28. The van der Waals surface area contributed by atoms with Gasteiger partial charge in [0.25, 0.3) is 0 Å². The van der Waals surface area contributed by atoms with Crippen LogP contribution in [-0.2, 0) is 11.2 Å². The summed E-state index contributed by atoms with van der Waals surface area (Å²) in [6.07, 6.45) is 2.06. The van der Waals surface area contributed by atoms with Crippen molar-refractivity contribution in [2.24, 2.45) is 0 Å². The van der Waals surface area contributed by atoms with Crippen LogP contribution in [0.4, 0.5) is 0 Å². The van der Waals surface area contributed by atoms with Crippen molar-refractivity contribution in [1.82, 2.24) is 0 Å². The van der Waals surface area contributed by atoms with Gasteiger partial charge in [-0.2, -0.15) is 0 Å². The first-order valence-corrected chi connectivity index (χ1v) is 4.42. The Balaban J connectivity index is 2.91. The van der Waals surface area contributed by atoms with E-state index in [4.69, 9.17) is 16.3 Å². The van der Waals surface area contributed by atoms with Crippen LogP contribution < -0.4 is 4.74 Å². The molecule has 1 aromatic carbocycles. The lowest BCUT2D eigenvalue weighted by molar-refractivity contribution is -0.107. The van der Waals surface area contributed by atoms with Gasteiger partial charge in [0.2, 0.25) is 0 Å². The number of aryl methyl sites for hydroxylation is 1. The van der Waals surface area contributed by atoms with Crippen LogP contribution in [0.1, 0.15) is 12.0 Å². The largest absolute Gasteiger partial charge is 0.495 e. The summed E-state index contributed by atoms with van der Waals surface area (Å²) >= 11 is 5.90. The molecule has 0 N–H and O–H groups in total. The highest BCUT2D eigenvalue weighted by atomic mass is 35.5. The van der Waals surface area contributed by atoms with Crippen molar-refractivity contribution >= 4 is 17.9 Å². The second-order valence-corrected chi connectivity index (χ2v) is 3.04. The van der Waals surface area contributed by atoms with Gasteiger partial charge in [0.05, 0.1) is 12.1 Å². The van der Waals surface area contributed by atoms with Gasteiger partial charge in [-0.3, -0.25) is 0 Å². The van der Waals surface area contributed by atoms with Gasteiger partial charge in [-0.1, -0.05) is 23.7 Å². The molecule has 0 aliphatic carbocycles. The van der Waals surface area contributed by atoms with Crippen molar-refractivity contribution in [3.05, 3.63) is 28.8 Å². The molecular formula is C10H11ClO2. The van der Waals surface area contributed by atoms with Crippen molar-refractivity contribution < 1.29 is 9.53 Å². The third-order valence-electron chi connectivity index (χ3n) is 1.78. The van der Waals surface area contributed by atoms with Crippen LogP contribution in [0.15, 0.2) is 18.2 Å². The summed E-state index contributed by atoms with van der Waals surface area (Å²) in [6, 6.07) is 5.53. The molecule has 1 rings (SSSR count). The second-order valence-electron chi connectivity index (χ2n) is 2.64. The van der Waals surface area contributed by atoms with Crippen molar-refractivity contribution in [3.63, 3.8) is 0 Å². The standard InChI is InChI=1S/C10H11ClO2/c1-13-10-8(5-3-7-12)4-2-6-9(10)11/h2,4,6-7H,3,5H2,1H3. The molecule has 1 aromatic rings. The molecule has 0 saturated heterocycles. The molecule has 0 saturated carbocycles. The summed E-state index contributed by atoms with van der Waals surface area (Å²) in [5, 5.41) is 0.589. The van der Waals surface area contributed by atoms with E-state index in [9.17, 15) is 4.79 Å². The van der Waals surface area contributed by atoms with Crippen LogP contribution in [0.25, 0.3) is 0 Å². The summed E-state index contributed by atoms with van der Waals surface area (Å²) in [7, 11) is 1.58. The average Bonchev–Trinajstić information content (AvgIpc) is 2.15. The van der Waals surface area contributed by atoms with Crippen LogP contribution in [-0.4, -0.2) is 13.4 Å². The third kappa shape index (κ3) is 2.46. The molecule has 0 fully saturated rings. The zero-order valence-electron chi connectivity index (χ0n) is 7.42. The van der Waals surface area contributed by atoms with Crippen LogP contribution in [0.5, 0.6) is 5.75 Å². The number of hydrogen-bond donors (Lipinski definition) is 0. The van der Waals surface area contributed by atoms with E-state index in [1.54, 1.807) is 13.2 Å². The molecule has 0 radical (unpaired) electrons. The predicted octanol–water partition coefficient (Wildman–Crippen LogP) is 2.48. The quantitative estimate of drug-likeness (QED) is 0.695. The SMILES string of the molecule is COc1c(Cl)cccc1CCC=O. The van der Waals surface area contributed by atoms with Crippen molar-refractivity contribution in [1.29, 1.82) is 0 Å². The molecule has 0 unspecified atom stereocenters. The maximum Gasteiger partial charge on any atom is 0.140 e. The zero-order chi connectivity index (χ0) is 9.68.